The molecule has 0 amide bonds. The van der Waals surface area contributed by atoms with Crippen LogP contribution in [0.1, 0.15) is 50.9 Å². The molecule has 0 fully saturated rings. The first-order chi connectivity index (χ1) is 22.2. The Labute approximate surface area is 285 Å². The molecule has 0 aliphatic carbocycles. The Balaban J connectivity index is 2.06. The quantitative estimate of drug-likeness (QED) is 0.106. The Hall–Kier alpha value is -3.28. The van der Waals surface area contributed by atoms with E-state index < -0.39 is 26.7 Å². The smallest absolute Gasteiger partial charge is 0.179 e. The molecule has 0 spiro atoms. The summed E-state index contributed by atoms with van der Waals surface area (Å²) >= 11 is 12.4. The van der Waals surface area contributed by atoms with E-state index in [0.717, 1.165) is 22.5 Å². The van der Waals surface area contributed by atoms with E-state index in [-0.39, 0.29) is 0 Å². The van der Waals surface area contributed by atoms with E-state index in [4.69, 9.17) is 24.4 Å². The third-order valence-electron chi connectivity index (χ3n) is 8.29. The third-order valence-corrected chi connectivity index (χ3v) is 14.5. The fraction of sp³-hybridized carbons (Fsp3) is 0.278. The van der Waals surface area contributed by atoms with Gasteiger partial charge in [0.05, 0.1) is 12.1 Å². The highest BCUT2D eigenvalue weighted by molar-refractivity contribution is 7.82. The van der Waals surface area contributed by atoms with Crippen molar-refractivity contribution < 1.29 is 9.13 Å². The van der Waals surface area contributed by atoms with Crippen molar-refractivity contribution in [3.63, 3.8) is 0 Å². The summed E-state index contributed by atoms with van der Waals surface area (Å²) in [5.74, 6) is 0. The predicted molar refractivity (Wildman–Crippen MR) is 205 cm³/mol. The molecule has 242 valence electrons. The Bertz CT molecular complexity index is 1520. The molecule has 4 aromatic carbocycles. The van der Waals surface area contributed by atoms with Crippen molar-refractivity contribution >= 4 is 60.6 Å². The fourth-order valence-electron chi connectivity index (χ4n) is 5.45. The molecule has 4 aromatic rings. The summed E-state index contributed by atoms with van der Waals surface area (Å²) in [6.07, 6.45) is 1.88. The summed E-state index contributed by atoms with van der Waals surface area (Å²) in [6, 6.07) is 39.3. The maximum Gasteiger partial charge on any atom is 0.179 e. The van der Waals surface area contributed by atoms with E-state index in [1.807, 2.05) is 125 Å². The normalized spacial score (nSPS) is 12.9. The minimum Gasteiger partial charge on any atom is -0.313 e. The number of rotatable bonds is 13. The van der Waals surface area contributed by atoms with E-state index in [0.29, 0.717) is 34.9 Å². The molecule has 0 saturated heterocycles. The molecular formula is C36H44N4O2P2S2. The Morgan fingerprint density at radius 1 is 0.522 bits per heavy atom. The summed E-state index contributed by atoms with van der Waals surface area (Å²) in [5, 5.41) is 7.36. The van der Waals surface area contributed by atoms with Gasteiger partial charge in [0.2, 0.25) is 0 Å². The Morgan fingerprint density at radius 3 is 1.04 bits per heavy atom. The van der Waals surface area contributed by atoms with E-state index in [1.165, 1.54) is 0 Å². The number of hydrogen-bond acceptors (Lipinski definition) is 4. The highest BCUT2D eigenvalue weighted by atomic mass is 32.1. The van der Waals surface area contributed by atoms with Crippen molar-refractivity contribution in [2.45, 2.75) is 39.8 Å². The van der Waals surface area contributed by atoms with E-state index >= 15 is 0 Å². The van der Waals surface area contributed by atoms with E-state index in [2.05, 4.69) is 44.2 Å². The van der Waals surface area contributed by atoms with Crippen molar-refractivity contribution in [2.75, 3.05) is 34.4 Å². The zero-order valence-electron chi connectivity index (χ0n) is 27.0. The summed E-state index contributed by atoms with van der Waals surface area (Å²) in [4.78, 5) is 4.14. The second-order valence-electron chi connectivity index (χ2n) is 11.0. The molecule has 2 unspecified atom stereocenters. The van der Waals surface area contributed by atoms with E-state index in [1.54, 1.807) is 0 Å². The highest BCUT2D eigenvalue weighted by Gasteiger charge is 2.40. The first-order valence-corrected chi connectivity index (χ1v) is 20.7. The van der Waals surface area contributed by atoms with Crippen LogP contribution in [-0.2, 0) is 9.13 Å². The van der Waals surface area contributed by atoms with Crippen LogP contribution >= 0.6 is 39.0 Å². The van der Waals surface area contributed by atoms with Gasteiger partial charge in [-0.05, 0) is 59.8 Å². The number of thiocarbonyl (C=S) groups is 2. The Kier molecular flexibility index (Phi) is 12.8. The van der Waals surface area contributed by atoms with Crippen LogP contribution in [0.4, 0.5) is 11.4 Å². The van der Waals surface area contributed by atoms with Gasteiger partial charge in [-0.3, -0.25) is 0 Å². The largest absolute Gasteiger partial charge is 0.313 e. The molecule has 0 heterocycles. The van der Waals surface area contributed by atoms with Gasteiger partial charge in [-0.15, -0.1) is 0 Å². The molecule has 0 aliphatic heterocycles. The van der Waals surface area contributed by atoms with Crippen LogP contribution in [0.5, 0.6) is 0 Å². The molecule has 6 nitrogen and oxygen atoms in total. The first kappa shape index (κ1) is 35.6. The van der Waals surface area contributed by atoms with E-state index in [9.17, 15) is 9.13 Å². The van der Waals surface area contributed by atoms with Crippen molar-refractivity contribution in [3.8, 4) is 0 Å². The van der Waals surface area contributed by atoms with Gasteiger partial charge in [-0.1, -0.05) is 125 Å². The van der Waals surface area contributed by atoms with Gasteiger partial charge in [0, 0.05) is 36.0 Å². The lowest BCUT2D eigenvalue weighted by molar-refractivity contribution is 0.555. The number of nitrogens with one attached hydrogen (secondary N) is 2. The molecule has 0 aliphatic rings. The lowest BCUT2D eigenvalue weighted by Gasteiger charge is -2.45. The monoisotopic (exact) mass is 690 g/mol. The van der Waals surface area contributed by atoms with Gasteiger partial charge >= 0.3 is 0 Å². The van der Waals surface area contributed by atoms with Crippen LogP contribution < -0.4 is 20.0 Å². The van der Waals surface area contributed by atoms with Gasteiger partial charge in [0.1, 0.15) is 0 Å². The first-order valence-electron chi connectivity index (χ1n) is 15.8. The molecule has 10 heteroatoms. The number of para-hydroxylation sites is 2. The SMILES string of the molecule is CCP(=O)(CC)NC(=S)N(c1ccccc1)C(c1ccccc1)C(c1ccccc1)N(C(=S)NP(=O)(CC)CC)c1ccccc1. The van der Waals surface area contributed by atoms with Gasteiger partial charge < -0.3 is 29.1 Å². The van der Waals surface area contributed by atoms with Crippen LogP contribution in [0.25, 0.3) is 0 Å². The second-order valence-corrected chi connectivity index (χ2v) is 18.3. The van der Waals surface area contributed by atoms with Gasteiger partial charge in [-0.2, -0.15) is 0 Å². The number of nitrogens with zero attached hydrogens (tertiary/aromatic N) is 2. The van der Waals surface area contributed by atoms with Gasteiger partial charge in [0.15, 0.2) is 24.8 Å². The second kappa shape index (κ2) is 16.5. The van der Waals surface area contributed by atoms with Crippen molar-refractivity contribution in [1.82, 2.24) is 10.2 Å². The van der Waals surface area contributed by atoms with Crippen molar-refractivity contribution in [1.29, 1.82) is 0 Å². The minimum atomic E-state index is -2.80. The van der Waals surface area contributed by atoms with Crippen LogP contribution in [0.3, 0.4) is 0 Å². The van der Waals surface area contributed by atoms with Crippen LogP contribution in [0, 0.1) is 0 Å². The number of benzene rings is 4. The van der Waals surface area contributed by atoms with Gasteiger partial charge in [0.25, 0.3) is 0 Å². The van der Waals surface area contributed by atoms with Crippen LogP contribution in [-0.4, -0.2) is 34.9 Å². The zero-order valence-corrected chi connectivity index (χ0v) is 30.4. The lowest BCUT2D eigenvalue weighted by atomic mass is 9.90. The molecule has 2 atom stereocenters. The van der Waals surface area contributed by atoms with Crippen LogP contribution in [0.15, 0.2) is 121 Å². The number of anilines is 2. The average molecular weight is 691 g/mol. The Morgan fingerprint density at radius 2 is 0.783 bits per heavy atom. The lowest BCUT2D eigenvalue weighted by Crippen LogP contribution is -2.50. The molecule has 0 radical (unpaired) electrons. The minimum absolute atomic E-state index is 0.368. The average Bonchev–Trinajstić information content (AvgIpc) is 3.11. The number of hydrogen-bond donors (Lipinski definition) is 2. The topological polar surface area (TPSA) is 64.7 Å². The molecule has 0 saturated carbocycles. The molecule has 0 bridgehead atoms. The zero-order chi connectivity index (χ0) is 33.2. The molecule has 2 N–H and O–H groups in total. The summed E-state index contributed by atoms with van der Waals surface area (Å²) in [7, 11) is -5.61. The van der Waals surface area contributed by atoms with Crippen molar-refractivity contribution in [3.05, 3.63) is 132 Å². The standard InChI is InChI=1S/C36H44N4O2P2S2/c1-5-43(41,6-2)37-35(45)39(31-25-17-11-18-26-31)33(29-21-13-9-14-22-29)34(30-23-15-10-16-24-30)40(32-27-19-12-20-28-32)36(46)38-44(42,7-3)8-4/h9-28,33-34H,5-8H2,1-4H3,(H,37,41,45)(H,38,42,46). The molecule has 0 aromatic heterocycles. The third kappa shape index (κ3) is 8.54. The van der Waals surface area contributed by atoms with Crippen LogP contribution in [0.2, 0.25) is 0 Å². The molecular weight excluding hydrogens is 647 g/mol. The fourth-order valence-corrected chi connectivity index (χ4v) is 9.33. The summed E-state index contributed by atoms with van der Waals surface area (Å²) in [5.41, 5.74) is 3.64. The predicted octanol–water partition coefficient (Wildman–Crippen LogP) is 9.87. The summed E-state index contributed by atoms with van der Waals surface area (Å²) in [6.45, 7) is 7.70. The van der Waals surface area contributed by atoms with Crippen molar-refractivity contribution in [2.24, 2.45) is 0 Å². The summed E-state index contributed by atoms with van der Waals surface area (Å²) < 4.78 is 27.8. The molecule has 4 rings (SSSR count). The maximum atomic E-state index is 13.9. The molecule has 46 heavy (non-hydrogen) atoms. The van der Waals surface area contributed by atoms with Gasteiger partial charge in [-0.25, -0.2) is 0 Å². The maximum absolute atomic E-state index is 13.9. The highest BCUT2D eigenvalue weighted by Crippen LogP contribution is 2.47.